The van der Waals surface area contributed by atoms with Crippen molar-refractivity contribution in [2.75, 3.05) is 38.6 Å². The zero-order valence-corrected chi connectivity index (χ0v) is 14.5. The molecule has 1 aliphatic rings. The molecule has 0 radical (unpaired) electrons. The number of nitrogens with zero attached hydrogens (tertiary/aromatic N) is 2. The van der Waals surface area contributed by atoms with Crippen LogP contribution < -0.4 is 10.2 Å². The lowest BCUT2D eigenvalue weighted by Gasteiger charge is -2.17. The van der Waals surface area contributed by atoms with Gasteiger partial charge in [0.15, 0.2) is 5.78 Å². The van der Waals surface area contributed by atoms with Gasteiger partial charge in [-0.05, 0) is 58.3 Å². The van der Waals surface area contributed by atoms with Crippen LogP contribution in [0.15, 0.2) is 24.3 Å². The Bertz CT molecular complexity index is 610. The van der Waals surface area contributed by atoms with Crippen molar-refractivity contribution in [3.8, 4) is 0 Å². The van der Waals surface area contributed by atoms with Gasteiger partial charge >= 0.3 is 0 Å². The van der Waals surface area contributed by atoms with Crippen LogP contribution in [0, 0.1) is 5.92 Å². The van der Waals surface area contributed by atoms with E-state index in [1.165, 1.54) is 6.92 Å². The van der Waals surface area contributed by atoms with Crippen molar-refractivity contribution < 1.29 is 14.4 Å². The molecule has 2 rings (SSSR count). The van der Waals surface area contributed by atoms with Crippen LogP contribution in [0.5, 0.6) is 0 Å². The molecular formula is C18H25N3O3. The van der Waals surface area contributed by atoms with Gasteiger partial charge in [-0.1, -0.05) is 0 Å². The molecule has 0 spiro atoms. The SMILES string of the molecule is CC(=O)c1ccc(N2CC(C(=O)NCCCN(C)C)CC2=O)cc1. The Labute approximate surface area is 142 Å². The molecule has 130 valence electrons. The number of carbonyl (C=O) groups excluding carboxylic acids is 3. The lowest BCUT2D eigenvalue weighted by molar-refractivity contribution is -0.126. The Kier molecular flexibility index (Phi) is 6.09. The first-order valence-electron chi connectivity index (χ1n) is 8.22. The van der Waals surface area contributed by atoms with E-state index in [2.05, 4.69) is 10.2 Å². The molecule has 1 saturated heterocycles. The summed E-state index contributed by atoms with van der Waals surface area (Å²) in [5.74, 6) is -0.447. The minimum Gasteiger partial charge on any atom is -0.356 e. The van der Waals surface area contributed by atoms with Crippen LogP contribution >= 0.6 is 0 Å². The van der Waals surface area contributed by atoms with E-state index in [-0.39, 0.29) is 29.9 Å². The van der Waals surface area contributed by atoms with Crippen LogP contribution in [0.1, 0.15) is 30.1 Å². The van der Waals surface area contributed by atoms with E-state index in [0.29, 0.717) is 18.7 Å². The standard InChI is InChI=1S/C18H25N3O3/c1-13(22)14-5-7-16(8-6-14)21-12-15(11-17(21)23)18(24)19-9-4-10-20(2)3/h5-8,15H,4,9-12H2,1-3H3,(H,19,24). The molecule has 0 aromatic heterocycles. The minimum atomic E-state index is -0.315. The first-order valence-corrected chi connectivity index (χ1v) is 8.22. The molecule has 1 fully saturated rings. The lowest BCUT2D eigenvalue weighted by Crippen LogP contribution is -2.34. The molecule has 1 unspecified atom stereocenters. The molecule has 2 amide bonds. The molecule has 1 aromatic rings. The molecule has 1 heterocycles. The van der Waals surface area contributed by atoms with Gasteiger partial charge in [0.2, 0.25) is 11.8 Å². The van der Waals surface area contributed by atoms with Crippen molar-refractivity contribution in [1.82, 2.24) is 10.2 Å². The summed E-state index contributed by atoms with van der Waals surface area (Å²) in [5, 5.41) is 2.91. The van der Waals surface area contributed by atoms with Crippen molar-refractivity contribution in [3.05, 3.63) is 29.8 Å². The van der Waals surface area contributed by atoms with E-state index in [9.17, 15) is 14.4 Å². The second-order valence-corrected chi connectivity index (χ2v) is 6.46. The molecule has 1 aliphatic heterocycles. The number of hydrogen-bond acceptors (Lipinski definition) is 4. The number of Topliss-reactive ketones (excluding diaryl/α,β-unsaturated/α-hetero) is 1. The maximum atomic E-state index is 12.2. The maximum Gasteiger partial charge on any atom is 0.227 e. The van der Waals surface area contributed by atoms with Crippen molar-refractivity contribution in [3.63, 3.8) is 0 Å². The van der Waals surface area contributed by atoms with E-state index in [0.717, 1.165) is 18.7 Å². The quantitative estimate of drug-likeness (QED) is 0.604. The zero-order valence-electron chi connectivity index (χ0n) is 14.5. The Morgan fingerprint density at radius 3 is 2.50 bits per heavy atom. The fourth-order valence-electron chi connectivity index (χ4n) is 2.76. The average molecular weight is 331 g/mol. The van der Waals surface area contributed by atoms with Gasteiger partial charge in [0.25, 0.3) is 0 Å². The summed E-state index contributed by atoms with van der Waals surface area (Å²) in [4.78, 5) is 39.4. The van der Waals surface area contributed by atoms with Gasteiger partial charge < -0.3 is 15.1 Å². The van der Waals surface area contributed by atoms with Crippen LogP contribution in [-0.2, 0) is 9.59 Å². The van der Waals surface area contributed by atoms with Gasteiger partial charge in [-0.3, -0.25) is 14.4 Å². The summed E-state index contributed by atoms with van der Waals surface area (Å²) in [6.45, 7) is 3.43. The highest BCUT2D eigenvalue weighted by Gasteiger charge is 2.34. The first-order chi connectivity index (χ1) is 11.4. The van der Waals surface area contributed by atoms with Crippen LogP contribution in [0.25, 0.3) is 0 Å². The number of rotatable bonds is 7. The number of anilines is 1. The highest BCUT2D eigenvalue weighted by atomic mass is 16.2. The van der Waals surface area contributed by atoms with E-state index in [1.807, 2.05) is 14.1 Å². The Balaban J connectivity index is 1.90. The third-order valence-corrected chi connectivity index (χ3v) is 4.16. The second kappa shape index (κ2) is 8.06. The molecule has 0 aliphatic carbocycles. The molecule has 6 nitrogen and oxygen atoms in total. The van der Waals surface area contributed by atoms with Crippen LogP contribution in [-0.4, -0.2) is 56.2 Å². The largest absolute Gasteiger partial charge is 0.356 e. The number of amides is 2. The first kappa shape index (κ1) is 18.1. The summed E-state index contributed by atoms with van der Waals surface area (Å²) in [6, 6.07) is 6.93. The van der Waals surface area contributed by atoms with Gasteiger partial charge in [-0.15, -0.1) is 0 Å². The predicted octanol–water partition coefficient (Wildman–Crippen LogP) is 1.31. The normalized spacial score (nSPS) is 17.4. The molecule has 1 N–H and O–H groups in total. The topological polar surface area (TPSA) is 69.7 Å². The van der Waals surface area contributed by atoms with Crippen molar-refractivity contribution in [1.29, 1.82) is 0 Å². The molecule has 24 heavy (non-hydrogen) atoms. The van der Waals surface area contributed by atoms with Gasteiger partial charge in [0, 0.05) is 30.8 Å². The van der Waals surface area contributed by atoms with Gasteiger partial charge in [0.05, 0.1) is 5.92 Å². The lowest BCUT2D eigenvalue weighted by atomic mass is 10.1. The zero-order chi connectivity index (χ0) is 17.7. The van der Waals surface area contributed by atoms with E-state index < -0.39 is 0 Å². The Morgan fingerprint density at radius 1 is 1.25 bits per heavy atom. The fourth-order valence-corrected chi connectivity index (χ4v) is 2.76. The summed E-state index contributed by atoms with van der Waals surface area (Å²) >= 11 is 0. The molecule has 0 saturated carbocycles. The summed E-state index contributed by atoms with van der Waals surface area (Å²) in [5.41, 5.74) is 1.34. The number of ketones is 1. The van der Waals surface area contributed by atoms with E-state index >= 15 is 0 Å². The van der Waals surface area contributed by atoms with Gasteiger partial charge in [0.1, 0.15) is 0 Å². The van der Waals surface area contributed by atoms with Crippen LogP contribution in [0.2, 0.25) is 0 Å². The van der Waals surface area contributed by atoms with Crippen LogP contribution in [0.3, 0.4) is 0 Å². The molecule has 0 bridgehead atoms. The third kappa shape index (κ3) is 4.64. The highest BCUT2D eigenvalue weighted by molar-refractivity contribution is 6.01. The van der Waals surface area contributed by atoms with E-state index in [1.54, 1.807) is 29.2 Å². The monoisotopic (exact) mass is 331 g/mol. The number of carbonyl (C=O) groups is 3. The minimum absolute atomic E-state index is 0.00993. The highest BCUT2D eigenvalue weighted by Crippen LogP contribution is 2.25. The number of nitrogens with one attached hydrogen (secondary N) is 1. The summed E-state index contributed by atoms with van der Waals surface area (Å²) < 4.78 is 0. The summed E-state index contributed by atoms with van der Waals surface area (Å²) in [6.07, 6.45) is 1.11. The fraction of sp³-hybridized carbons (Fsp3) is 0.500. The Hall–Kier alpha value is -2.21. The maximum absolute atomic E-state index is 12.2. The average Bonchev–Trinajstić information content (AvgIpc) is 2.93. The molecular weight excluding hydrogens is 306 g/mol. The smallest absolute Gasteiger partial charge is 0.227 e. The predicted molar refractivity (Wildman–Crippen MR) is 93.1 cm³/mol. The van der Waals surface area contributed by atoms with E-state index in [4.69, 9.17) is 0 Å². The van der Waals surface area contributed by atoms with Crippen molar-refractivity contribution in [2.24, 2.45) is 5.92 Å². The van der Waals surface area contributed by atoms with Gasteiger partial charge in [-0.2, -0.15) is 0 Å². The van der Waals surface area contributed by atoms with Crippen molar-refractivity contribution >= 4 is 23.3 Å². The Morgan fingerprint density at radius 2 is 1.92 bits per heavy atom. The van der Waals surface area contributed by atoms with Crippen LogP contribution in [0.4, 0.5) is 5.69 Å². The second-order valence-electron chi connectivity index (χ2n) is 6.46. The van der Waals surface area contributed by atoms with Gasteiger partial charge in [-0.25, -0.2) is 0 Å². The molecule has 1 atom stereocenters. The van der Waals surface area contributed by atoms with Crippen molar-refractivity contribution in [2.45, 2.75) is 19.8 Å². The number of hydrogen-bond donors (Lipinski definition) is 1. The number of benzene rings is 1. The third-order valence-electron chi connectivity index (χ3n) is 4.16. The summed E-state index contributed by atoms with van der Waals surface area (Å²) in [7, 11) is 3.99. The molecule has 6 heteroatoms. The molecule has 1 aromatic carbocycles.